The molecule has 3 N–H and O–H groups in total. The van der Waals surface area contributed by atoms with Gasteiger partial charge in [0.25, 0.3) is 5.91 Å². The molecule has 1 saturated heterocycles. The second kappa shape index (κ2) is 9.04. The number of carbonyl (C=O) groups is 1. The quantitative estimate of drug-likeness (QED) is 0.424. The lowest BCUT2D eigenvalue weighted by molar-refractivity contribution is 0.0953. The van der Waals surface area contributed by atoms with Crippen LogP contribution in [-0.4, -0.2) is 36.4 Å². The Morgan fingerprint density at radius 3 is 2.58 bits per heavy atom. The van der Waals surface area contributed by atoms with Gasteiger partial charge in [-0.15, -0.1) is 0 Å². The lowest BCUT2D eigenvalue weighted by Crippen LogP contribution is -2.33. The number of nitrogens with zero attached hydrogens (tertiary/aromatic N) is 1. The van der Waals surface area contributed by atoms with E-state index in [-0.39, 0.29) is 5.91 Å². The van der Waals surface area contributed by atoms with E-state index >= 15 is 0 Å². The van der Waals surface area contributed by atoms with Crippen LogP contribution in [0.15, 0.2) is 54.6 Å². The first-order valence-corrected chi connectivity index (χ1v) is 9.25. The summed E-state index contributed by atoms with van der Waals surface area (Å²) in [5.41, 5.74) is 2.68. The Kier molecular flexibility index (Phi) is 6.25. The third kappa shape index (κ3) is 5.09. The zero-order valence-corrected chi connectivity index (χ0v) is 15.0. The van der Waals surface area contributed by atoms with Crippen LogP contribution in [0.25, 0.3) is 0 Å². The summed E-state index contributed by atoms with van der Waals surface area (Å²) in [5.74, 6) is 0.331. The van der Waals surface area contributed by atoms with Gasteiger partial charge in [0.15, 0.2) is 5.96 Å². The molecule has 5 heteroatoms. The highest BCUT2D eigenvalue weighted by atomic mass is 16.1. The Morgan fingerprint density at radius 1 is 1.04 bits per heavy atom. The van der Waals surface area contributed by atoms with Crippen molar-refractivity contribution in [1.29, 1.82) is 5.41 Å². The average Bonchev–Trinajstić information content (AvgIpc) is 3.21. The zero-order valence-electron chi connectivity index (χ0n) is 15.0. The number of hydrogen-bond acceptors (Lipinski definition) is 2. The second-order valence-corrected chi connectivity index (χ2v) is 6.59. The van der Waals surface area contributed by atoms with E-state index in [4.69, 9.17) is 5.41 Å². The number of nitrogens with one attached hydrogen (secondary N) is 3. The molecule has 0 saturated carbocycles. The van der Waals surface area contributed by atoms with Gasteiger partial charge in [0.1, 0.15) is 0 Å². The summed E-state index contributed by atoms with van der Waals surface area (Å²) in [4.78, 5) is 14.4. The lowest BCUT2D eigenvalue weighted by atomic mass is 10.1. The molecule has 1 aliphatic heterocycles. The minimum Gasteiger partial charge on any atom is -0.352 e. The smallest absolute Gasteiger partial charge is 0.251 e. The third-order valence-electron chi connectivity index (χ3n) is 4.58. The molecule has 0 atom stereocenters. The SMILES string of the molecule is N=C(Nc1cccc(C(=O)NCCCc2ccccc2)c1)N1CCCC1. The number of hydrogen-bond donors (Lipinski definition) is 3. The molecule has 136 valence electrons. The molecular formula is C21H26N4O. The van der Waals surface area contributed by atoms with Crippen molar-refractivity contribution < 1.29 is 4.79 Å². The van der Waals surface area contributed by atoms with Gasteiger partial charge >= 0.3 is 0 Å². The van der Waals surface area contributed by atoms with Gasteiger partial charge in [-0.1, -0.05) is 36.4 Å². The molecular weight excluding hydrogens is 324 g/mol. The van der Waals surface area contributed by atoms with Gasteiger partial charge < -0.3 is 15.5 Å². The fraction of sp³-hybridized carbons (Fsp3) is 0.333. The topological polar surface area (TPSA) is 68.2 Å². The summed E-state index contributed by atoms with van der Waals surface area (Å²) in [6, 6.07) is 17.6. The van der Waals surface area contributed by atoms with Crippen LogP contribution in [0.4, 0.5) is 5.69 Å². The predicted octanol–water partition coefficient (Wildman–Crippen LogP) is 3.49. The van der Waals surface area contributed by atoms with Crippen molar-refractivity contribution in [3.8, 4) is 0 Å². The minimum atomic E-state index is -0.0746. The number of amides is 1. The first kappa shape index (κ1) is 18.0. The molecule has 1 amide bonds. The summed E-state index contributed by atoms with van der Waals surface area (Å²) >= 11 is 0. The molecule has 1 heterocycles. The largest absolute Gasteiger partial charge is 0.352 e. The van der Waals surface area contributed by atoms with Crippen LogP contribution >= 0.6 is 0 Å². The predicted molar refractivity (Wildman–Crippen MR) is 106 cm³/mol. The van der Waals surface area contributed by atoms with Gasteiger partial charge in [-0.3, -0.25) is 10.2 Å². The van der Waals surface area contributed by atoms with Gasteiger partial charge in [0.05, 0.1) is 0 Å². The normalized spacial score (nSPS) is 13.5. The molecule has 1 aliphatic rings. The zero-order chi connectivity index (χ0) is 18.2. The van der Waals surface area contributed by atoms with Gasteiger partial charge in [-0.2, -0.15) is 0 Å². The van der Waals surface area contributed by atoms with E-state index in [1.54, 1.807) is 12.1 Å². The highest BCUT2D eigenvalue weighted by molar-refractivity contribution is 5.97. The summed E-state index contributed by atoms with van der Waals surface area (Å²) < 4.78 is 0. The molecule has 1 fully saturated rings. The molecule has 0 radical (unpaired) electrons. The maximum Gasteiger partial charge on any atom is 0.251 e. The molecule has 5 nitrogen and oxygen atoms in total. The van der Waals surface area contributed by atoms with Crippen LogP contribution < -0.4 is 10.6 Å². The van der Waals surface area contributed by atoms with Crippen LogP contribution in [0.5, 0.6) is 0 Å². The number of carbonyl (C=O) groups excluding carboxylic acids is 1. The molecule has 0 unspecified atom stereocenters. The Labute approximate surface area is 154 Å². The van der Waals surface area contributed by atoms with Gasteiger partial charge in [0, 0.05) is 30.9 Å². The van der Waals surface area contributed by atoms with Gasteiger partial charge in [-0.05, 0) is 49.4 Å². The van der Waals surface area contributed by atoms with Crippen LogP contribution in [0.2, 0.25) is 0 Å². The summed E-state index contributed by atoms with van der Waals surface area (Å²) in [5, 5.41) is 14.2. The highest BCUT2D eigenvalue weighted by Crippen LogP contribution is 2.14. The van der Waals surface area contributed by atoms with Crippen molar-refractivity contribution >= 4 is 17.6 Å². The molecule has 2 aromatic rings. The van der Waals surface area contributed by atoms with E-state index in [0.717, 1.165) is 44.5 Å². The molecule has 26 heavy (non-hydrogen) atoms. The Bertz CT molecular complexity index is 739. The Hall–Kier alpha value is -2.82. The molecule has 2 aromatic carbocycles. The monoisotopic (exact) mass is 350 g/mol. The number of anilines is 1. The van der Waals surface area contributed by atoms with Crippen molar-refractivity contribution in [1.82, 2.24) is 10.2 Å². The van der Waals surface area contributed by atoms with Crippen molar-refractivity contribution in [2.75, 3.05) is 25.0 Å². The van der Waals surface area contributed by atoms with Gasteiger partial charge in [0.2, 0.25) is 0 Å². The van der Waals surface area contributed by atoms with Crippen molar-refractivity contribution in [2.24, 2.45) is 0 Å². The lowest BCUT2D eigenvalue weighted by Gasteiger charge is -2.19. The molecule has 0 aromatic heterocycles. The van der Waals surface area contributed by atoms with Gasteiger partial charge in [-0.25, -0.2) is 0 Å². The molecule has 0 aliphatic carbocycles. The minimum absolute atomic E-state index is 0.0746. The molecule has 0 spiro atoms. The van der Waals surface area contributed by atoms with Crippen LogP contribution in [0, 0.1) is 5.41 Å². The highest BCUT2D eigenvalue weighted by Gasteiger charge is 2.15. The Morgan fingerprint density at radius 2 is 1.81 bits per heavy atom. The number of aryl methyl sites for hydroxylation is 1. The maximum absolute atomic E-state index is 12.3. The van der Waals surface area contributed by atoms with E-state index < -0.39 is 0 Å². The summed E-state index contributed by atoms with van der Waals surface area (Å²) in [6.45, 7) is 2.50. The van der Waals surface area contributed by atoms with Crippen molar-refractivity contribution in [3.63, 3.8) is 0 Å². The first-order chi connectivity index (χ1) is 12.7. The molecule has 0 bridgehead atoms. The number of benzene rings is 2. The molecule has 3 rings (SSSR count). The number of rotatable bonds is 6. The van der Waals surface area contributed by atoms with Crippen LogP contribution in [-0.2, 0) is 6.42 Å². The summed E-state index contributed by atoms with van der Waals surface area (Å²) in [7, 11) is 0. The van der Waals surface area contributed by atoms with E-state index in [0.29, 0.717) is 18.1 Å². The fourth-order valence-corrected chi connectivity index (χ4v) is 3.14. The first-order valence-electron chi connectivity index (χ1n) is 9.25. The van der Waals surface area contributed by atoms with E-state index in [1.807, 2.05) is 35.2 Å². The third-order valence-corrected chi connectivity index (χ3v) is 4.58. The number of guanidine groups is 1. The number of likely N-dealkylation sites (tertiary alicyclic amines) is 1. The fourth-order valence-electron chi connectivity index (χ4n) is 3.14. The second-order valence-electron chi connectivity index (χ2n) is 6.59. The van der Waals surface area contributed by atoms with E-state index in [2.05, 4.69) is 22.8 Å². The maximum atomic E-state index is 12.3. The van der Waals surface area contributed by atoms with Crippen LogP contribution in [0.1, 0.15) is 35.2 Å². The van der Waals surface area contributed by atoms with Crippen molar-refractivity contribution in [3.05, 3.63) is 65.7 Å². The van der Waals surface area contributed by atoms with Crippen LogP contribution in [0.3, 0.4) is 0 Å². The Balaban J connectivity index is 1.47. The van der Waals surface area contributed by atoms with Crippen molar-refractivity contribution in [2.45, 2.75) is 25.7 Å². The summed E-state index contributed by atoms with van der Waals surface area (Å²) in [6.07, 6.45) is 4.13. The standard InChI is InChI=1S/C21H26N4O/c22-21(25-14-4-5-15-25)24-19-12-6-11-18(16-19)20(26)23-13-7-10-17-8-2-1-3-9-17/h1-3,6,8-9,11-12,16H,4-5,7,10,13-15H2,(H2,22,24)(H,23,26). The van der Waals surface area contributed by atoms with E-state index in [1.165, 1.54) is 5.56 Å². The van der Waals surface area contributed by atoms with E-state index in [9.17, 15) is 4.79 Å². The average molecular weight is 350 g/mol.